The zero-order valence-electron chi connectivity index (χ0n) is 8.74. The van der Waals surface area contributed by atoms with Crippen LogP contribution in [-0.2, 0) is 4.79 Å². The lowest BCUT2D eigenvalue weighted by molar-refractivity contribution is -0.122. The molecule has 0 unspecified atom stereocenters. The number of anilines is 1. The topological polar surface area (TPSA) is 66.9 Å². The van der Waals surface area contributed by atoms with Crippen molar-refractivity contribution in [2.45, 2.75) is 12.8 Å². The molecule has 1 aliphatic rings. The van der Waals surface area contributed by atoms with Gasteiger partial charge in [-0.3, -0.25) is 4.79 Å². The number of carbonyl (C=O) groups is 1. The van der Waals surface area contributed by atoms with Crippen LogP contribution < -0.4 is 10.6 Å². The van der Waals surface area contributed by atoms with E-state index in [1.165, 1.54) is 6.33 Å². The molecule has 0 bridgehead atoms. The van der Waals surface area contributed by atoms with Gasteiger partial charge in [-0.25, -0.2) is 9.97 Å². The number of rotatable bonds is 5. The van der Waals surface area contributed by atoms with Crippen molar-refractivity contribution in [3.8, 4) is 0 Å². The molecule has 0 atom stereocenters. The number of carbonyl (C=O) groups excluding carboxylic acids is 1. The van der Waals surface area contributed by atoms with E-state index < -0.39 is 0 Å². The second kappa shape index (κ2) is 5.42. The lowest BCUT2D eigenvalue weighted by Crippen LogP contribution is -2.30. The van der Waals surface area contributed by atoms with E-state index in [9.17, 15) is 4.79 Å². The van der Waals surface area contributed by atoms with Gasteiger partial charge in [0, 0.05) is 25.2 Å². The van der Waals surface area contributed by atoms with Gasteiger partial charge in [0.25, 0.3) is 0 Å². The lowest BCUT2D eigenvalue weighted by atomic mass is 10.4. The summed E-state index contributed by atoms with van der Waals surface area (Å²) >= 11 is 2.17. The maximum atomic E-state index is 11.3. The normalized spacial score (nSPS) is 14.6. The molecular formula is C10H13IN4O. The summed E-state index contributed by atoms with van der Waals surface area (Å²) in [6, 6.07) is 0. The average Bonchev–Trinajstić information content (AvgIpc) is 3.10. The number of hydrogen-bond acceptors (Lipinski definition) is 4. The Kier molecular flexibility index (Phi) is 3.92. The number of nitrogens with one attached hydrogen (secondary N) is 2. The van der Waals surface area contributed by atoms with Crippen molar-refractivity contribution in [3.63, 3.8) is 0 Å². The van der Waals surface area contributed by atoms with Gasteiger partial charge in [-0.1, -0.05) is 0 Å². The molecule has 16 heavy (non-hydrogen) atoms. The van der Waals surface area contributed by atoms with E-state index in [0.717, 1.165) is 22.2 Å². The Bertz CT molecular complexity index is 381. The maximum Gasteiger partial charge on any atom is 0.223 e. The molecule has 1 amide bonds. The predicted molar refractivity (Wildman–Crippen MR) is 69.0 cm³/mol. The summed E-state index contributed by atoms with van der Waals surface area (Å²) in [4.78, 5) is 19.3. The van der Waals surface area contributed by atoms with Gasteiger partial charge in [0.05, 0.1) is 3.57 Å². The first kappa shape index (κ1) is 11.6. The molecule has 6 heteroatoms. The Balaban J connectivity index is 1.67. The highest BCUT2D eigenvalue weighted by atomic mass is 127. The Morgan fingerprint density at radius 1 is 1.50 bits per heavy atom. The van der Waals surface area contributed by atoms with Crippen molar-refractivity contribution in [1.82, 2.24) is 15.3 Å². The molecule has 0 spiro atoms. The lowest BCUT2D eigenvalue weighted by Gasteiger charge is -2.07. The number of halogens is 1. The molecule has 5 nitrogen and oxygen atoms in total. The van der Waals surface area contributed by atoms with Crippen LogP contribution in [-0.4, -0.2) is 29.0 Å². The zero-order valence-corrected chi connectivity index (χ0v) is 10.9. The van der Waals surface area contributed by atoms with Crippen LogP contribution in [0.15, 0.2) is 12.5 Å². The highest BCUT2D eigenvalue weighted by molar-refractivity contribution is 14.1. The molecule has 0 aliphatic heterocycles. The fourth-order valence-electron chi connectivity index (χ4n) is 1.30. The van der Waals surface area contributed by atoms with E-state index >= 15 is 0 Å². The van der Waals surface area contributed by atoms with Crippen molar-refractivity contribution in [3.05, 3.63) is 16.1 Å². The molecule has 1 aromatic heterocycles. The SMILES string of the molecule is O=C(NCCNc1ncncc1I)C1CC1. The number of hydrogen-bond donors (Lipinski definition) is 2. The summed E-state index contributed by atoms with van der Waals surface area (Å²) in [6.45, 7) is 1.32. The first-order chi connectivity index (χ1) is 7.77. The molecule has 0 radical (unpaired) electrons. The average molecular weight is 332 g/mol. The van der Waals surface area contributed by atoms with Crippen LogP contribution in [0.2, 0.25) is 0 Å². The van der Waals surface area contributed by atoms with Gasteiger partial charge in [0.2, 0.25) is 5.91 Å². The largest absolute Gasteiger partial charge is 0.367 e. The minimum atomic E-state index is 0.180. The minimum Gasteiger partial charge on any atom is -0.367 e. The second-order valence-electron chi connectivity index (χ2n) is 3.71. The Labute approximate surface area is 108 Å². The highest BCUT2D eigenvalue weighted by Crippen LogP contribution is 2.28. The maximum absolute atomic E-state index is 11.3. The van der Waals surface area contributed by atoms with Crippen molar-refractivity contribution in [1.29, 1.82) is 0 Å². The third kappa shape index (κ3) is 3.29. The summed E-state index contributed by atoms with van der Waals surface area (Å²) in [5.41, 5.74) is 0. The van der Waals surface area contributed by atoms with Crippen LogP contribution in [0, 0.1) is 9.49 Å². The fourth-order valence-corrected chi connectivity index (χ4v) is 1.79. The first-order valence-corrected chi connectivity index (χ1v) is 6.32. The van der Waals surface area contributed by atoms with E-state index in [4.69, 9.17) is 0 Å². The third-order valence-electron chi connectivity index (χ3n) is 2.33. The summed E-state index contributed by atoms with van der Waals surface area (Å²) in [5.74, 6) is 1.27. The molecule has 1 saturated carbocycles. The van der Waals surface area contributed by atoms with E-state index in [1.807, 2.05) is 0 Å². The quantitative estimate of drug-likeness (QED) is 0.624. The molecule has 2 rings (SSSR count). The van der Waals surface area contributed by atoms with Gasteiger partial charge in [0.1, 0.15) is 12.1 Å². The fraction of sp³-hybridized carbons (Fsp3) is 0.500. The Hall–Kier alpha value is -0.920. The van der Waals surface area contributed by atoms with Gasteiger partial charge in [-0.15, -0.1) is 0 Å². The number of aromatic nitrogens is 2. The summed E-state index contributed by atoms with van der Waals surface area (Å²) in [6.07, 6.45) is 5.35. The second-order valence-corrected chi connectivity index (χ2v) is 4.87. The molecule has 2 N–H and O–H groups in total. The van der Waals surface area contributed by atoms with Gasteiger partial charge >= 0.3 is 0 Å². The Morgan fingerprint density at radius 3 is 3.00 bits per heavy atom. The summed E-state index contributed by atoms with van der Waals surface area (Å²) in [7, 11) is 0. The molecule has 0 aromatic carbocycles. The number of amides is 1. The van der Waals surface area contributed by atoms with Gasteiger partial charge in [-0.2, -0.15) is 0 Å². The predicted octanol–water partition coefficient (Wildman–Crippen LogP) is 1.02. The van der Waals surface area contributed by atoms with Crippen LogP contribution >= 0.6 is 22.6 Å². The van der Waals surface area contributed by atoms with Gasteiger partial charge in [-0.05, 0) is 35.4 Å². The first-order valence-electron chi connectivity index (χ1n) is 5.24. The molecular weight excluding hydrogens is 319 g/mol. The molecule has 1 fully saturated rings. The van der Waals surface area contributed by atoms with Gasteiger partial charge in [0.15, 0.2) is 0 Å². The van der Waals surface area contributed by atoms with Crippen LogP contribution in [0.25, 0.3) is 0 Å². The highest BCUT2D eigenvalue weighted by Gasteiger charge is 2.28. The standard InChI is InChI=1S/C10H13IN4O/c11-8-5-12-6-15-9(8)13-3-4-14-10(16)7-1-2-7/h5-7H,1-4H2,(H,14,16)(H,12,13,15). The van der Waals surface area contributed by atoms with E-state index in [2.05, 4.69) is 43.2 Å². The van der Waals surface area contributed by atoms with Crippen molar-refractivity contribution >= 4 is 34.3 Å². The van der Waals surface area contributed by atoms with Gasteiger partial charge < -0.3 is 10.6 Å². The monoisotopic (exact) mass is 332 g/mol. The van der Waals surface area contributed by atoms with Crippen LogP contribution in [0.3, 0.4) is 0 Å². The van der Waals surface area contributed by atoms with Crippen LogP contribution in [0.1, 0.15) is 12.8 Å². The molecule has 0 saturated heterocycles. The van der Waals surface area contributed by atoms with Crippen LogP contribution in [0.5, 0.6) is 0 Å². The van der Waals surface area contributed by atoms with Crippen molar-refractivity contribution in [2.75, 3.05) is 18.4 Å². The van der Waals surface area contributed by atoms with Crippen molar-refractivity contribution < 1.29 is 4.79 Å². The molecule has 86 valence electrons. The number of nitrogens with zero attached hydrogens (tertiary/aromatic N) is 2. The molecule has 1 heterocycles. The van der Waals surface area contributed by atoms with E-state index in [-0.39, 0.29) is 11.8 Å². The molecule has 1 aliphatic carbocycles. The van der Waals surface area contributed by atoms with Crippen LogP contribution in [0.4, 0.5) is 5.82 Å². The van der Waals surface area contributed by atoms with E-state index in [1.54, 1.807) is 6.20 Å². The third-order valence-corrected chi connectivity index (χ3v) is 3.12. The molecule has 1 aromatic rings. The summed E-state index contributed by atoms with van der Waals surface area (Å²) < 4.78 is 0.980. The zero-order chi connectivity index (χ0) is 11.4. The van der Waals surface area contributed by atoms with E-state index in [0.29, 0.717) is 13.1 Å². The minimum absolute atomic E-state index is 0.180. The summed E-state index contributed by atoms with van der Waals surface area (Å²) in [5, 5.41) is 6.04. The van der Waals surface area contributed by atoms with Crippen molar-refractivity contribution in [2.24, 2.45) is 5.92 Å². The smallest absolute Gasteiger partial charge is 0.223 e. The Morgan fingerprint density at radius 2 is 2.31 bits per heavy atom.